The fourth-order valence-electron chi connectivity index (χ4n) is 11.8. The summed E-state index contributed by atoms with van der Waals surface area (Å²) in [6.45, 7) is 0. The van der Waals surface area contributed by atoms with E-state index >= 15 is 0 Å². The monoisotopic (exact) mass is 851 g/mol. The molecule has 2 aliphatic carbocycles. The second-order valence-corrected chi connectivity index (χ2v) is 18.0. The van der Waals surface area contributed by atoms with Crippen molar-refractivity contribution >= 4 is 27.8 Å². The van der Waals surface area contributed by atoms with Gasteiger partial charge in [-0.15, -0.1) is 0 Å². The van der Waals surface area contributed by atoms with Crippen LogP contribution in [0, 0.1) is 0 Å². The number of benzene rings is 11. The van der Waals surface area contributed by atoms with Crippen LogP contribution in [-0.4, -0.2) is 0 Å². The molecule has 0 aliphatic heterocycles. The predicted molar refractivity (Wildman–Crippen MR) is 279 cm³/mol. The van der Waals surface area contributed by atoms with E-state index in [-0.39, 0.29) is 0 Å². The molecule has 0 amide bonds. The fraction of sp³-hybridized carbons (Fsp3) is 0.0303. The molecule has 0 bridgehead atoms. The van der Waals surface area contributed by atoms with Crippen molar-refractivity contribution in [2.75, 3.05) is 4.90 Å². The van der Waals surface area contributed by atoms with Gasteiger partial charge in [0.2, 0.25) is 0 Å². The van der Waals surface area contributed by atoms with Crippen LogP contribution in [0.3, 0.4) is 0 Å². The largest absolute Gasteiger partial charge is 0.310 e. The number of rotatable bonds is 8. The van der Waals surface area contributed by atoms with E-state index in [9.17, 15) is 0 Å². The van der Waals surface area contributed by atoms with Crippen molar-refractivity contribution in [3.8, 4) is 33.4 Å². The van der Waals surface area contributed by atoms with Gasteiger partial charge in [-0.1, -0.05) is 231 Å². The van der Waals surface area contributed by atoms with Gasteiger partial charge in [0, 0.05) is 17.1 Å². The van der Waals surface area contributed by atoms with Crippen LogP contribution >= 0.6 is 0 Å². The van der Waals surface area contributed by atoms with Gasteiger partial charge in [0.25, 0.3) is 0 Å². The topological polar surface area (TPSA) is 3.24 Å². The molecule has 0 radical (unpaired) electrons. The maximum absolute atomic E-state index is 2.47. The lowest BCUT2D eigenvalue weighted by Crippen LogP contribution is -2.29. The average molecular weight is 852 g/mol. The minimum Gasteiger partial charge on any atom is -0.310 e. The number of hydrogen-bond acceptors (Lipinski definition) is 1. The molecule has 0 heterocycles. The van der Waals surface area contributed by atoms with E-state index in [1.165, 1.54) is 88.7 Å². The van der Waals surface area contributed by atoms with Gasteiger partial charge < -0.3 is 4.90 Å². The summed E-state index contributed by atoms with van der Waals surface area (Å²) >= 11 is 0. The summed E-state index contributed by atoms with van der Waals surface area (Å²) in [6.07, 6.45) is 0. The predicted octanol–water partition coefficient (Wildman–Crippen LogP) is 16.7. The summed E-state index contributed by atoms with van der Waals surface area (Å²) in [7, 11) is 0. The minimum absolute atomic E-state index is 0.483. The van der Waals surface area contributed by atoms with E-state index in [0.717, 1.165) is 17.1 Å². The standard InChI is InChI=1S/C66H45N/c1-4-20-50(21-5-1)65(61-29-15-12-26-57(61)58-27-13-16-30-62(58)65)53-36-40-55(41-37-53)67(54-38-34-47(35-39-54)49-33-32-46-18-10-11-19-48(46)44-49)56-42-43-60-59-28-14-17-31-63(59)66(64(60)45-56,51-22-6-2-7-23-51)52-24-8-3-9-25-52/h1-45H. The third kappa shape index (κ3) is 5.88. The third-order valence-electron chi connectivity index (χ3n) is 14.6. The average Bonchev–Trinajstić information content (AvgIpc) is 3.88. The summed E-state index contributed by atoms with van der Waals surface area (Å²) in [6, 6.07) is 101. The van der Waals surface area contributed by atoms with Crippen molar-refractivity contribution < 1.29 is 0 Å². The summed E-state index contributed by atoms with van der Waals surface area (Å²) in [5.41, 5.74) is 20.0. The van der Waals surface area contributed by atoms with Crippen LogP contribution in [0.25, 0.3) is 44.2 Å². The van der Waals surface area contributed by atoms with E-state index in [1.54, 1.807) is 0 Å². The molecule has 0 fully saturated rings. The molecule has 2 aliphatic rings. The number of hydrogen-bond donors (Lipinski definition) is 0. The zero-order valence-corrected chi connectivity index (χ0v) is 36.9. The highest BCUT2D eigenvalue weighted by Crippen LogP contribution is 2.59. The molecule has 67 heavy (non-hydrogen) atoms. The Balaban J connectivity index is 1.02. The first kappa shape index (κ1) is 38.9. The quantitative estimate of drug-likeness (QED) is 0.147. The first-order valence-corrected chi connectivity index (χ1v) is 23.3. The van der Waals surface area contributed by atoms with E-state index < -0.39 is 10.8 Å². The Hall–Kier alpha value is -8.52. The highest BCUT2D eigenvalue weighted by Gasteiger charge is 2.47. The van der Waals surface area contributed by atoms with Crippen molar-refractivity contribution in [3.63, 3.8) is 0 Å². The summed E-state index contributed by atoms with van der Waals surface area (Å²) < 4.78 is 0. The highest BCUT2D eigenvalue weighted by atomic mass is 15.1. The van der Waals surface area contributed by atoms with Gasteiger partial charge in [0.15, 0.2) is 0 Å². The molecule has 0 spiro atoms. The van der Waals surface area contributed by atoms with Crippen molar-refractivity contribution in [1.29, 1.82) is 0 Å². The lowest BCUT2D eigenvalue weighted by atomic mass is 9.67. The van der Waals surface area contributed by atoms with Crippen LogP contribution in [0.1, 0.15) is 44.5 Å². The van der Waals surface area contributed by atoms with Gasteiger partial charge in [0.1, 0.15) is 0 Å². The van der Waals surface area contributed by atoms with Gasteiger partial charge in [-0.25, -0.2) is 0 Å². The number of nitrogens with zero attached hydrogens (tertiary/aromatic N) is 1. The molecule has 0 aromatic heterocycles. The number of anilines is 3. The second-order valence-electron chi connectivity index (χ2n) is 18.0. The van der Waals surface area contributed by atoms with Gasteiger partial charge in [-0.2, -0.15) is 0 Å². The van der Waals surface area contributed by atoms with E-state index in [0.29, 0.717) is 0 Å². The Kier molecular flexibility index (Phi) is 9.05. The maximum Gasteiger partial charge on any atom is 0.0714 e. The van der Waals surface area contributed by atoms with Crippen LogP contribution in [0.5, 0.6) is 0 Å². The summed E-state index contributed by atoms with van der Waals surface area (Å²) in [4.78, 5) is 2.45. The van der Waals surface area contributed by atoms with E-state index in [4.69, 9.17) is 0 Å². The molecular formula is C66H45N. The molecule has 11 aromatic carbocycles. The first-order valence-electron chi connectivity index (χ1n) is 23.3. The van der Waals surface area contributed by atoms with Crippen molar-refractivity contribution in [1.82, 2.24) is 0 Å². The Morgan fingerprint density at radius 3 is 1.12 bits per heavy atom. The number of fused-ring (bicyclic) bond motifs is 7. The second kappa shape index (κ2) is 15.6. The Morgan fingerprint density at radius 2 is 0.597 bits per heavy atom. The molecular weight excluding hydrogens is 807 g/mol. The van der Waals surface area contributed by atoms with Gasteiger partial charge in [-0.3, -0.25) is 0 Å². The van der Waals surface area contributed by atoms with Crippen LogP contribution in [0.4, 0.5) is 17.1 Å². The Labute approximate surface area is 392 Å². The van der Waals surface area contributed by atoms with E-state index in [1.807, 2.05) is 0 Å². The van der Waals surface area contributed by atoms with Gasteiger partial charge >= 0.3 is 0 Å². The molecule has 1 nitrogen and oxygen atoms in total. The van der Waals surface area contributed by atoms with Crippen LogP contribution in [0.2, 0.25) is 0 Å². The SMILES string of the molecule is c1ccc(C2(c3ccc(N(c4ccc(-c5ccc6ccccc6c5)cc4)c4ccc5c(c4)C(c4ccccc4)(c4ccccc4)c4ccccc4-5)cc3)c3ccccc3-c3ccccc32)cc1. The molecule has 1 heteroatoms. The lowest BCUT2D eigenvalue weighted by Gasteiger charge is -2.35. The molecule has 0 unspecified atom stereocenters. The van der Waals surface area contributed by atoms with Crippen molar-refractivity contribution in [3.05, 3.63) is 317 Å². The molecule has 314 valence electrons. The van der Waals surface area contributed by atoms with Crippen LogP contribution in [0.15, 0.2) is 273 Å². The van der Waals surface area contributed by atoms with Gasteiger partial charge in [-0.05, 0) is 131 Å². The molecule has 11 aromatic rings. The minimum atomic E-state index is -0.523. The first-order chi connectivity index (χ1) is 33.2. The van der Waals surface area contributed by atoms with Crippen molar-refractivity contribution in [2.45, 2.75) is 10.8 Å². The summed E-state index contributed by atoms with van der Waals surface area (Å²) in [5.74, 6) is 0. The maximum atomic E-state index is 2.47. The van der Waals surface area contributed by atoms with Crippen LogP contribution < -0.4 is 4.90 Å². The van der Waals surface area contributed by atoms with Crippen LogP contribution in [-0.2, 0) is 10.8 Å². The Morgan fingerprint density at radius 1 is 0.224 bits per heavy atom. The molecule has 0 N–H and O–H groups in total. The fourth-order valence-corrected chi connectivity index (χ4v) is 11.8. The van der Waals surface area contributed by atoms with Gasteiger partial charge in [0.05, 0.1) is 10.8 Å². The van der Waals surface area contributed by atoms with E-state index in [2.05, 4.69) is 278 Å². The molecule has 0 atom stereocenters. The zero-order valence-electron chi connectivity index (χ0n) is 36.9. The summed E-state index contributed by atoms with van der Waals surface area (Å²) in [5, 5.41) is 2.49. The molecule has 0 saturated carbocycles. The Bertz CT molecular complexity index is 3530. The molecule has 13 rings (SSSR count). The third-order valence-corrected chi connectivity index (χ3v) is 14.6. The molecule has 0 saturated heterocycles. The lowest BCUT2D eigenvalue weighted by molar-refractivity contribution is 0.768. The normalized spacial score (nSPS) is 13.6. The highest BCUT2D eigenvalue weighted by molar-refractivity contribution is 5.92. The smallest absolute Gasteiger partial charge is 0.0714 e. The zero-order chi connectivity index (χ0) is 44.4. The van der Waals surface area contributed by atoms with Crippen molar-refractivity contribution in [2.24, 2.45) is 0 Å².